The SMILES string of the molecule is Cc1ccc(OCc2ccnc(-c3ccc(C(=O)NN)c(C)c3)c2)c(Cl)c1. The molecule has 1 aromatic heterocycles. The molecule has 27 heavy (non-hydrogen) atoms. The van der Waals surface area contributed by atoms with Crippen LogP contribution in [0.25, 0.3) is 11.3 Å². The van der Waals surface area contributed by atoms with Crippen molar-refractivity contribution in [3.63, 3.8) is 0 Å². The summed E-state index contributed by atoms with van der Waals surface area (Å²) in [6.07, 6.45) is 1.74. The first kappa shape index (κ1) is 18.9. The van der Waals surface area contributed by atoms with Crippen molar-refractivity contribution in [1.82, 2.24) is 10.4 Å². The van der Waals surface area contributed by atoms with E-state index in [0.29, 0.717) is 22.9 Å². The van der Waals surface area contributed by atoms with Crippen molar-refractivity contribution in [2.45, 2.75) is 20.5 Å². The van der Waals surface area contributed by atoms with Crippen molar-refractivity contribution in [2.24, 2.45) is 5.84 Å². The molecule has 0 aliphatic carbocycles. The number of nitrogens with two attached hydrogens (primary N) is 1. The molecule has 3 rings (SSSR count). The van der Waals surface area contributed by atoms with E-state index in [1.807, 2.05) is 56.3 Å². The zero-order chi connectivity index (χ0) is 19.4. The molecule has 1 heterocycles. The Bertz CT molecular complexity index is 989. The minimum Gasteiger partial charge on any atom is -0.487 e. The molecule has 0 saturated heterocycles. The molecule has 6 heteroatoms. The van der Waals surface area contributed by atoms with E-state index in [-0.39, 0.29) is 5.91 Å². The van der Waals surface area contributed by atoms with Gasteiger partial charge in [0.05, 0.1) is 10.7 Å². The molecule has 2 aromatic carbocycles. The Morgan fingerprint density at radius 3 is 2.67 bits per heavy atom. The summed E-state index contributed by atoms with van der Waals surface area (Å²) in [5.41, 5.74) is 7.28. The number of carbonyl (C=O) groups excluding carboxylic acids is 1. The number of rotatable bonds is 5. The van der Waals surface area contributed by atoms with Crippen LogP contribution in [-0.4, -0.2) is 10.9 Å². The molecule has 138 valence electrons. The van der Waals surface area contributed by atoms with E-state index in [9.17, 15) is 4.79 Å². The van der Waals surface area contributed by atoms with Gasteiger partial charge < -0.3 is 4.74 Å². The average molecular weight is 382 g/mol. The topological polar surface area (TPSA) is 77.2 Å². The first-order valence-electron chi connectivity index (χ1n) is 8.44. The highest BCUT2D eigenvalue weighted by Crippen LogP contribution is 2.27. The van der Waals surface area contributed by atoms with E-state index in [1.165, 1.54) is 0 Å². The molecule has 0 saturated carbocycles. The Labute approximate surface area is 163 Å². The quantitative estimate of drug-likeness (QED) is 0.394. The fourth-order valence-corrected chi connectivity index (χ4v) is 3.05. The summed E-state index contributed by atoms with van der Waals surface area (Å²) in [5.74, 6) is 5.54. The van der Waals surface area contributed by atoms with Gasteiger partial charge >= 0.3 is 0 Å². The Balaban J connectivity index is 1.79. The van der Waals surface area contributed by atoms with Crippen molar-refractivity contribution in [1.29, 1.82) is 0 Å². The van der Waals surface area contributed by atoms with Gasteiger partial charge in [-0.15, -0.1) is 0 Å². The Morgan fingerprint density at radius 1 is 1.15 bits per heavy atom. The number of nitrogens with zero attached hydrogens (tertiary/aromatic N) is 1. The van der Waals surface area contributed by atoms with Crippen molar-refractivity contribution in [2.75, 3.05) is 0 Å². The van der Waals surface area contributed by atoms with Gasteiger partial charge in [0.1, 0.15) is 12.4 Å². The minimum atomic E-state index is -0.316. The largest absolute Gasteiger partial charge is 0.487 e. The van der Waals surface area contributed by atoms with Gasteiger partial charge in [-0.25, -0.2) is 5.84 Å². The molecule has 0 fully saturated rings. The third-order valence-corrected chi connectivity index (χ3v) is 4.50. The number of nitrogen functional groups attached to an aromatic ring is 1. The number of hydrogen-bond donors (Lipinski definition) is 2. The number of nitrogens with one attached hydrogen (secondary N) is 1. The van der Waals surface area contributed by atoms with Crippen molar-refractivity contribution >= 4 is 17.5 Å². The standard InChI is InChI=1S/C21H20ClN3O2/c1-13-3-6-20(18(22)9-13)27-12-15-7-8-24-19(11-15)16-4-5-17(14(2)10-16)21(26)25-23/h3-11H,12,23H2,1-2H3,(H,25,26). The second-order valence-corrected chi connectivity index (χ2v) is 6.68. The zero-order valence-corrected chi connectivity index (χ0v) is 15.9. The van der Waals surface area contributed by atoms with Crippen LogP contribution in [0.2, 0.25) is 5.02 Å². The Hall–Kier alpha value is -2.89. The van der Waals surface area contributed by atoms with Crippen LogP contribution in [0.4, 0.5) is 0 Å². The molecule has 0 bridgehead atoms. The molecule has 1 amide bonds. The lowest BCUT2D eigenvalue weighted by Crippen LogP contribution is -2.30. The predicted octanol–water partition coefficient (Wildman–Crippen LogP) is 4.20. The highest BCUT2D eigenvalue weighted by Gasteiger charge is 2.10. The third kappa shape index (κ3) is 4.45. The number of pyridine rings is 1. The van der Waals surface area contributed by atoms with E-state index in [1.54, 1.807) is 12.3 Å². The summed E-state index contributed by atoms with van der Waals surface area (Å²) in [6.45, 7) is 4.22. The van der Waals surface area contributed by atoms with Gasteiger partial charge in [0.15, 0.2) is 0 Å². The molecule has 0 aliphatic rings. The minimum absolute atomic E-state index is 0.316. The van der Waals surface area contributed by atoms with Crippen LogP contribution >= 0.6 is 11.6 Å². The zero-order valence-electron chi connectivity index (χ0n) is 15.1. The summed E-state index contributed by atoms with van der Waals surface area (Å²) in [4.78, 5) is 16.1. The molecular formula is C21H20ClN3O2. The van der Waals surface area contributed by atoms with E-state index in [2.05, 4.69) is 10.4 Å². The number of aromatic nitrogens is 1. The summed E-state index contributed by atoms with van der Waals surface area (Å²) < 4.78 is 5.83. The number of hydrazine groups is 1. The molecule has 3 N–H and O–H groups in total. The van der Waals surface area contributed by atoms with Gasteiger partial charge in [-0.05, 0) is 66.9 Å². The van der Waals surface area contributed by atoms with Crippen molar-refractivity contribution in [3.05, 3.63) is 82.0 Å². The highest BCUT2D eigenvalue weighted by molar-refractivity contribution is 6.32. The first-order chi connectivity index (χ1) is 13.0. The first-order valence-corrected chi connectivity index (χ1v) is 8.81. The average Bonchev–Trinajstić information content (AvgIpc) is 2.67. The van der Waals surface area contributed by atoms with Crippen molar-refractivity contribution < 1.29 is 9.53 Å². The van der Waals surface area contributed by atoms with E-state index >= 15 is 0 Å². The van der Waals surface area contributed by atoms with E-state index in [0.717, 1.165) is 27.9 Å². The second-order valence-electron chi connectivity index (χ2n) is 6.28. The van der Waals surface area contributed by atoms with E-state index in [4.69, 9.17) is 22.2 Å². The molecule has 0 spiro atoms. The van der Waals surface area contributed by atoms with Gasteiger partial charge in [-0.2, -0.15) is 0 Å². The van der Waals surface area contributed by atoms with Crippen molar-refractivity contribution in [3.8, 4) is 17.0 Å². The van der Waals surface area contributed by atoms with Gasteiger partial charge in [-0.1, -0.05) is 23.7 Å². The number of halogens is 1. The summed E-state index contributed by atoms with van der Waals surface area (Å²) >= 11 is 6.21. The summed E-state index contributed by atoms with van der Waals surface area (Å²) in [7, 11) is 0. The lowest BCUT2D eigenvalue weighted by molar-refractivity contribution is 0.0953. The van der Waals surface area contributed by atoms with Crippen LogP contribution in [-0.2, 0) is 6.61 Å². The Kier molecular flexibility index (Phi) is 5.74. The summed E-state index contributed by atoms with van der Waals surface area (Å²) in [6, 6.07) is 15.1. The molecule has 0 radical (unpaired) electrons. The maximum atomic E-state index is 11.7. The Morgan fingerprint density at radius 2 is 1.96 bits per heavy atom. The molecule has 0 aliphatic heterocycles. The molecule has 0 atom stereocenters. The lowest BCUT2D eigenvalue weighted by Gasteiger charge is -2.10. The molecule has 0 unspecified atom stereocenters. The number of ether oxygens (including phenoxy) is 1. The fraction of sp³-hybridized carbons (Fsp3) is 0.143. The van der Waals surface area contributed by atoms with Crippen LogP contribution in [0, 0.1) is 13.8 Å². The third-order valence-electron chi connectivity index (χ3n) is 4.20. The smallest absolute Gasteiger partial charge is 0.265 e. The van der Waals surface area contributed by atoms with Crippen LogP contribution in [0.5, 0.6) is 5.75 Å². The van der Waals surface area contributed by atoms with Crippen LogP contribution < -0.4 is 16.0 Å². The number of carbonyl (C=O) groups is 1. The summed E-state index contributed by atoms with van der Waals surface area (Å²) in [5, 5.41) is 0.591. The second kappa shape index (κ2) is 8.20. The predicted molar refractivity (Wildman–Crippen MR) is 107 cm³/mol. The maximum Gasteiger partial charge on any atom is 0.265 e. The van der Waals surface area contributed by atoms with E-state index < -0.39 is 0 Å². The molecular weight excluding hydrogens is 362 g/mol. The normalized spacial score (nSPS) is 10.5. The van der Waals surface area contributed by atoms with Crippen LogP contribution in [0.1, 0.15) is 27.0 Å². The van der Waals surface area contributed by atoms with Gasteiger partial charge in [0, 0.05) is 17.3 Å². The number of amides is 1. The van der Waals surface area contributed by atoms with Crippen LogP contribution in [0.3, 0.4) is 0 Å². The number of benzene rings is 2. The monoisotopic (exact) mass is 381 g/mol. The molecule has 3 aromatic rings. The fourth-order valence-electron chi connectivity index (χ4n) is 2.76. The number of aryl methyl sites for hydroxylation is 2. The van der Waals surface area contributed by atoms with Gasteiger partial charge in [0.25, 0.3) is 5.91 Å². The lowest BCUT2D eigenvalue weighted by atomic mass is 10.0. The van der Waals surface area contributed by atoms with Gasteiger partial charge in [-0.3, -0.25) is 15.2 Å². The number of hydrogen-bond acceptors (Lipinski definition) is 4. The highest BCUT2D eigenvalue weighted by atomic mass is 35.5. The molecule has 5 nitrogen and oxygen atoms in total. The van der Waals surface area contributed by atoms with Gasteiger partial charge in [0.2, 0.25) is 0 Å². The maximum absolute atomic E-state index is 11.7. The van der Waals surface area contributed by atoms with Crippen LogP contribution in [0.15, 0.2) is 54.7 Å².